The predicted octanol–water partition coefficient (Wildman–Crippen LogP) is 9.16. The third-order valence-corrected chi connectivity index (χ3v) is 9.24. The van der Waals surface area contributed by atoms with Crippen molar-refractivity contribution in [1.29, 1.82) is 0 Å². The number of aryl methyl sites for hydroxylation is 1. The van der Waals surface area contributed by atoms with Crippen LogP contribution in [0.1, 0.15) is 134 Å². The van der Waals surface area contributed by atoms with E-state index in [2.05, 4.69) is 6.92 Å². The molecule has 5 nitrogen and oxygen atoms in total. The van der Waals surface area contributed by atoms with Crippen LogP contribution < -0.4 is 0 Å². The minimum Gasteiger partial charge on any atom is -0.379 e. The van der Waals surface area contributed by atoms with Crippen molar-refractivity contribution in [3.05, 3.63) is 29.8 Å². The van der Waals surface area contributed by atoms with E-state index in [1.54, 1.807) is 24.3 Å². The molecule has 1 heterocycles. The Morgan fingerprint density at radius 3 is 1.90 bits per heavy atom. The summed E-state index contributed by atoms with van der Waals surface area (Å²) < 4.78 is 41.4. The first-order valence-electron chi connectivity index (χ1n) is 16.2. The molecule has 39 heavy (non-hydrogen) atoms. The number of unbranched alkanes of at least 4 members (excludes halogenated alkanes) is 15. The van der Waals surface area contributed by atoms with Gasteiger partial charge < -0.3 is 9.47 Å². The molecule has 0 saturated carbocycles. The zero-order valence-electron chi connectivity index (χ0n) is 25.2. The second-order valence-corrected chi connectivity index (χ2v) is 13.3. The van der Waals surface area contributed by atoms with Crippen molar-refractivity contribution in [1.82, 2.24) is 0 Å². The number of benzene rings is 1. The molecule has 6 heteroatoms. The summed E-state index contributed by atoms with van der Waals surface area (Å²) in [5.74, 6) is 0.721. The molecule has 0 amide bonds. The summed E-state index contributed by atoms with van der Waals surface area (Å²) in [6, 6.07) is 6.77. The van der Waals surface area contributed by atoms with Gasteiger partial charge in [0.05, 0.1) is 24.2 Å². The predicted molar refractivity (Wildman–Crippen MR) is 162 cm³/mol. The van der Waals surface area contributed by atoms with Crippen molar-refractivity contribution >= 4 is 10.1 Å². The van der Waals surface area contributed by atoms with Crippen LogP contribution >= 0.6 is 0 Å². The molecule has 2 rings (SSSR count). The minimum atomic E-state index is -3.64. The quantitative estimate of drug-likeness (QED) is 0.0872. The van der Waals surface area contributed by atoms with E-state index in [0.717, 1.165) is 69.8 Å². The first-order chi connectivity index (χ1) is 19.0. The van der Waals surface area contributed by atoms with Gasteiger partial charge in [0.25, 0.3) is 10.1 Å². The van der Waals surface area contributed by atoms with Gasteiger partial charge in [-0.25, -0.2) is 0 Å². The van der Waals surface area contributed by atoms with Crippen molar-refractivity contribution in [3.8, 4) is 0 Å². The summed E-state index contributed by atoms with van der Waals surface area (Å²) in [5.41, 5.74) is 1.03. The molecule has 0 aliphatic carbocycles. The maximum absolute atomic E-state index is 12.2. The Hall–Kier alpha value is -0.950. The monoisotopic (exact) mass is 566 g/mol. The second-order valence-electron chi connectivity index (χ2n) is 11.7. The molecular weight excluding hydrogens is 508 g/mol. The van der Waals surface area contributed by atoms with Crippen LogP contribution in [0.15, 0.2) is 29.2 Å². The first kappa shape index (κ1) is 34.3. The smallest absolute Gasteiger partial charge is 0.296 e. The van der Waals surface area contributed by atoms with Crippen LogP contribution in [0.2, 0.25) is 0 Å². The van der Waals surface area contributed by atoms with E-state index in [9.17, 15) is 8.42 Å². The van der Waals surface area contributed by atoms with Crippen LogP contribution in [-0.2, 0) is 23.8 Å². The fraction of sp³-hybridized carbons (Fsp3) is 0.818. The Kier molecular flexibility index (Phi) is 19.1. The summed E-state index contributed by atoms with van der Waals surface area (Å²) in [6.45, 7) is 6.87. The molecule has 0 bridgehead atoms. The van der Waals surface area contributed by atoms with Gasteiger partial charge in [-0.2, -0.15) is 8.42 Å². The zero-order valence-corrected chi connectivity index (χ0v) is 26.0. The lowest BCUT2D eigenvalue weighted by molar-refractivity contribution is 0.0153. The highest BCUT2D eigenvalue weighted by Crippen LogP contribution is 2.25. The molecule has 1 aromatic rings. The molecule has 0 spiro atoms. The van der Waals surface area contributed by atoms with E-state index >= 15 is 0 Å². The van der Waals surface area contributed by atoms with Crippen LogP contribution in [0.3, 0.4) is 0 Å². The van der Waals surface area contributed by atoms with Crippen molar-refractivity contribution in [3.63, 3.8) is 0 Å². The van der Waals surface area contributed by atoms with Gasteiger partial charge in [-0.15, -0.1) is 0 Å². The molecule has 1 fully saturated rings. The highest BCUT2D eigenvalue weighted by molar-refractivity contribution is 7.86. The molecule has 226 valence electrons. The van der Waals surface area contributed by atoms with Gasteiger partial charge in [-0.3, -0.25) is 4.18 Å². The van der Waals surface area contributed by atoms with E-state index in [1.807, 2.05) is 6.92 Å². The fourth-order valence-electron chi connectivity index (χ4n) is 5.36. The maximum atomic E-state index is 12.2. The molecule has 0 unspecified atom stereocenters. The van der Waals surface area contributed by atoms with Gasteiger partial charge in [-0.1, -0.05) is 121 Å². The van der Waals surface area contributed by atoms with Gasteiger partial charge in [0.1, 0.15) is 0 Å². The minimum absolute atomic E-state index is 0.229. The Bertz CT molecular complexity index is 808. The van der Waals surface area contributed by atoms with Gasteiger partial charge in [0.2, 0.25) is 0 Å². The van der Waals surface area contributed by atoms with Crippen molar-refractivity contribution in [2.75, 3.05) is 26.4 Å². The molecule has 0 radical (unpaired) electrons. The molecule has 1 aliphatic heterocycles. The first-order valence-corrected chi connectivity index (χ1v) is 17.6. The molecule has 1 aromatic carbocycles. The SMILES string of the molecule is CCCCCCCCCCCCCC[C@H]1CO[C@H](COCCCCCCCOS(=O)(=O)c2ccc(C)cc2)C1. The third kappa shape index (κ3) is 16.8. The summed E-state index contributed by atoms with van der Waals surface area (Å²) >= 11 is 0. The van der Waals surface area contributed by atoms with Crippen molar-refractivity contribution in [2.45, 2.75) is 147 Å². The second kappa shape index (κ2) is 21.8. The van der Waals surface area contributed by atoms with Gasteiger partial charge in [0.15, 0.2) is 0 Å². The van der Waals surface area contributed by atoms with E-state index in [4.69, 9.17) is 13.7 Å². The number of hydrogen-bond donors (Lipinski definition) is 0. The molecule has 1 aliphatic rings. The number of rotatable bonds is 25. The zero-order chi connectivity index (χ0) is 28.0. The Balaban J connectivity index is 1.32. The fourth-order valence-corrected chi connectivity index (χ4v) is 6.31. The van der Waals surface area contributed by atoms with Crippen molar-refractivity contribution < 1.29 is 22.1 Å². The highest BCUT2D eigenvalue weighted by atomic mass is 32.2. The van der Waals surface area contributed by atoms with Crippen molar-refractivity contribution in [2.24, 2.45) is 5.92 Å². The van der Waals surface area contributed by atoms with Crippen LogP contribution in [-0.4, -0.2) is 40.9 Å². The Labute approximate surface area is 240 Å². The highest BCUT2D eigenvalue weighted by Gasteiger charge is 2.25. The van der Waals surface area contributed by atoms with E-state index in [-0.39, 0.29) is 17.6 Å². The Morgan fingerprint density at radius 2 is 1.28 bits per heavy atom. The Morgan fingerprint density at radius 1 is 0.744 bits per heavy atom. The summed E-state index contributed by atoms with van der Waals surface area (Å²) in [5, 5.41) is 0. The lowest BCUT2D eigenvalue weighted by atomic mass is 9.97. The largest absolute Gasteiger partial charge is 0.379 e. The maximum Gasteiger partial charge on any atom is 0.296 e. The third-order valence-electron chi connectivity index (χ3n) is 7.91. The molecular formula is C33H58O5S. The van der Waals surface area contributed by atoms with Gasteiger partial charge in [0, 0.05) is 13.2 Å². The van der Waals surface area contributed by atoms with Gasteiger partial charge in [-0.05, 0) is 50.7 Å². The molecule has 0 aromatic heterocycles. The summed E-state index contributed by atoms with van der Waals surface area (Å²) in [7, 11) is -3.64. The van der Waals surface area contributed by atoms with Crippen LogP contribution in [0, 0.1) is 12.8 Å². The van der Waals surface area contributed by atoms with Crippen LogP contribution in [0.4, 0.5) is 0 Å². The van der Waals surface area contributed by atoms with Crippen LogP contribution in [0.25, 0.3) is 0 Å². The van der Waals surface area contributed by atoms with Crippen LogP contribution in [0.5, 0.6) is 0 Å². The summed E-state index contributed by atoms with van der Waals surface area (Å²) in [6.07, 6.45) is 24.6. The standard InChI is InChI=1S/C33H58O5S/c1-3-4-5-6-7-8-9-10-11-12-14-17-20-31-27-32(37-28-31)29-36-25-18-15-13-16-19-26-38-39(34,35)33-23-21-30(2)22-24-33/h21-24,31-32H,3-20,25-29H2,1-2H3/t31-,32+/m1/s1. The molecule has 1 saturated heterocycles. The molecule has 0 N–H and O–H groups in total. The average Bonchev–Trinajstić information content (AvgIpc) is 3.38. The van der Waals surface area contributed by atoms with Gasteiger partial charge >= 0.3 is 0 Å². The molecule has 2 atom stereocenters. The topological polar surface area (TPSA) is 61.8 Å². The number of hydrogen-bond acceptors (Lipinski definition) is 5. The lowest BCUT2D eigenvalue weighted by Crippen LogP contribution is -2.14. The number of ether oxygens (including phenoxy) is 2. The normalized spacial score (nSPS) is 17.7. The lowest BCUT2D eigenvalue weighted by Gasteiger charge is -2.11. The summed E-state index contributed by atoms with van der Waals surface area (Å²) in [4.78, 5) is 0.229. The van der Waals surface area contributed by atoms with E-state index in [1.165, 1.54) is 83.5 Å². The van der Waals surface area contributed by atoms with E-state index < -0.39 is 10.1 Å². The average molecular weight is 567 g/mol. The van der Waals surface area contributed by atoms with E-state index in [0.29, 0.717) is 0 Å².